The standard InChI is InChI=1S/C21H31N5O3S/c1-4-6-7-8-9-10-14-30(27,28)25-18-13-11-12-17(15-18)19-22-20-16(3)21(29-5-2)24-26(20)23-19/h11-13,15,25H,4-10,14H2,1-3H3,(H,22,23). The minimum Gasteiger partial charge on any atom is -0.477 e. The van der Waals surface area contributed by atoms with Crippen molar-refractivity contribution in [2.45, 2.75) is 59.3 Å². The van der Waals surface area contributed by atoms with Crippen molar-refractivity contribution in [1.29, 1.82) is 0 Å². The van der Waals surface area contributed by atoms with E-state index < -0.39 is 10.0 Å². The summed E-state index contributed by atoms with van der Waals surface area (Å²) in [6.07, 6.45) is 6.27. The third-order valence-corrected chi connectivity index (χ3v) is 6.31. The molecule has 0 fully saturated rings. The molecule has 0 aliphatic carbocycles. The number of fused-ring (bicyclic) bond motifs is 1. The van der Waals surface area contributed by atoms with Gasteiger partial charge >= 0.3 is 0 Å². The van der Waals surface area contributed by atoms with Gasteiger partial charge in [-0.1, -0.05) is 51.2 Å². The van der Waals surface area contributed by atoms with Gasteiger partial charge in [-0.3, -0.25) is 9.82 Å². The fourth-order valence-corrected chi connectivity index (χ4v) is 4.52. The molecule has 0 aliphatic rings. The Hall–Kier alpha value is -2.55. The summed E-state index contributed by atoms with van der Waals surface area (Å²) >= 11 is 0. The maximum atomic E-state index is 12.4. The van der Waals surface area contributed by atoms with E-state index in [4.69, 9.17) is 4.74 Å². The summed E-state index contributed by atoms with van der Waals surface area (Å²) in [7, 11) is -3.37. The van der Waals surface area contributed by atoms with Gasteiger partial charge in [-0.15, -0.1) is 5.10 Å². The summed E-state index contributed by atoms with van der Waals surface area (Å²) in [5.74, 6) is 1.30. The normalized spacial score (nSPS) is 11.8. The number of unbranched alkanes of at least 4 members (excludes halogenated alkanes) is 5. The molecule has 8 nitrogen and oxygen atoms in total. The Balaban J connectivity index is 1.66. The topological polar surface area (TPSA) is 101 Å². The Morgan fingerprint density at radius 3 is 2.63 bits per heavy atom. The van der Waals surface area contributed by atoms with E-state index in [1.165, 1.54) is 19.3 Å². The van der Waals surface area contributed by atoms with Crippen LogP contribution in [-0.4, -0.2) is 40.6 Å². The zero-order valence-electron chi connectivity index (χ0n) is 17.9. The molecule has 0 saturated carbocycles. The molecule has 3 rings (SSSR count). The Morgan fingerprint density at radius 1 is 1.13 bits per heavy atom. The van der Waals surface area contributed by atoms with E-state index in [1.54, 1.807) is 16.8 Å². The quantitative estimate of drug-likeness (QED) is 0.409. The molecule has 0 atom stereocenters. The zero-order valence-corrected chi connectivity index (χ0v) is 18.8. The Bertz CT molecular complexity index is 1070. The van der Waals surface area contributed by atoms with E-state index in [1.807, 2.05) is 26.0 Å². The van der Waals surface area contributed by atoms with Crippen LogP contribution in [0, 0.1) is 6.92 Å². The van der Waals surface area contributed by atoms with Crippen LogP contribution in [-0.2, 0) is 10.0 Å². The SMILES string of the molecule is CCCCCCCCS(=O)(=O)Nc1cccc(-c2nc3c(C)c(OCC)nn3[nH]2)c1. The van der Waals surface area contributed by atoms with E-state index in [-0.39, 0.29) is 5.75 Å². The van der Waals surface area contributed by atoms with E-state index in [9.17, 15) is 8.42 Å². The molecule has 2 N–H and O–H groups in total. The second kappa shape index (κ2) is 9.97. The highest BCUT2D eigenvalue weighted by Crippen LogP contribution is 2.25. The molecular weight excluding hydrogens is 402 g/mol. The summed E-state index contributed by atoms with van der Waals surface area (Å²) < 4.78 is 34.6. The number of hydrogen-bond donors (Lipinski definition) is 2. The molecule has 0 saturated heterocycles. The van der Waals surface area contributed by atoms with Gasteiger partial charge < -0.3 is 4.74 Å². The second-order valence-corrected chi connectivity index (χ2v) is 9.28. The lowest BCUT2D eigenvalue weighted by Gasteiger charge is -2.09. The lowest BCUT2D eigenvalue weighted by molar-refractivity contribution is 0.322. The van der Waals surface area contributed by atoms with E-state index in [0.29, 0.717) is 36.1 Å². The number of ether oxygens (including phenoxy) is 1. The molecule has 0 radical (unpaired) electrons. The number of aromatic nitrogens is 4. The molecule has 0 spiro atoms. The van der Waals surface area contributed by atoms with Crippen molar-refractivity contribution in [3.8, 4) is 17.3 Å². The smallest absolute Gasteiger partial charge is 0.240 e. The highest BCUT2D eigenvalue weighted by molar-refractivity contribution is 7.92. The predicted molar refractivity (Wildman–Crippen MR) is 119 cm³/mol. The molecule has 30 heavy (non-hydrogen) atoms. The number of nitrogens with zero attached hydrogens (tertiary/aromatic N) is 3. The monoisotopic (exact) mass is 433 g/mol. The fraction of sp³-hybridized carbons (Fsp3) is 0.524. The van der Waals surface area contributed by atoms with Crippen molar-refractivity contribution < 1.29 is 13.2 Å². The van der Waals surface area contributed by atoms with Crippen molar-refractivity contribution in [2.75, 3.05) is 17.1 Å². The van der Waals surface area contributed by atoms with Crippen LogP contribution < -0.4 is 9.46 Å². The average molecular weight is 434 g/mol. The summed E-state index contributed by atoms with van der Waals surface area (Å²) in [5.41, 5.74) is 2.84. The second-order valence-electron chi connectivity index (χ2n) is 7.44. The Morgan fingerprint density at radius 2 is 1.90 bits per heavy atom. The minimum atomic E-state index is -3.37. The first kappa shape index (κ1) is 22.1. The maximum absolute atomic E-state index is 12.4. The van der Waals surface area contributed by atoms with Crippen LogP contribution >= 0.6 is 0 Å². The van der Waals surface area contributed by atoms with Crippen molar-refractivity contribution in [3.63, 3.8) is 0 Å². The first-order valence-electron chi connectivity index (χ1n) is 10.6. The largest absolute Gasteiger partial charge is 0.477 e. The average Bonchev–Trinajstić information content (AvgIpc) is 3.25. The number of aryl methyl sites for hydroxylation is 1. The predicted octanol–water partition coefficient (Wildman–Crippen LogP) is 4.53. The molecular formula is C21H31N5O3S. The molecule has 0 bridgehead atoms. The molecule has 0 amide bonds. The molecule has 164 valence electrons. The highest BCUT2D eigenvalue weighted by Gasteiger charge is 2.16. The number of hydrogen-bond acceptors (Lipinski definition) is 5. The van der Waals surface area contributed by atoms with E-state index >= 15 is 0 Å². The van der Waals surface area contributed by atoms with Gasteiger partial charge in [0.05, 0.1) is 17.9 Å². The number of benzene rings is 1. The summed E-state index contributed by atoms with van der Waals surface area (Å²) in [4.78, 5) is 4.60. The van der Waals surface area contributed by atoms with Crippen molar-refractivity contribution in [1.82, 2.24) is 19.8 Å². The number of nitrogens with one attached hydrogen (secondary N) is 2. The Kier molecular flexibility index (Phi) is 7.36. The van der Waals surface area contributed by atoms with Crippen LogP contribution in [0.4, 0.5) is 5.69 Å². The molecule has 2 heterocycles. The van der Waals surface area contributed by atoms with Gasteiger partial charge in [0.25, 0.3) is 0 Å². The summed E-state index contributed by atoms with van der Waals surface area (Å²) in [5, 5.41) is 7.47. The third kappa shape index (κ3) is 5.53. The molecule has 3 aromatic rings. The molecule has 0 unspecified atom stereocenters. The van der Waals surface area contributed by atoms with Gasteiger partial charge in [-0.05, 0) is 32.4 Å². The van der Waals surface area contributed by atoms with Gasteiger partial charge in [0.15, 0.2) is 11.5 Å². The van der Waals surface area contributed by atoms with Gasteiger partial charge in [-0.2, -0.15) is 4.63 Å². The number of H-pyrrole nitrogens is 1. The maximum Gasteiger partial charge on any atom is 0.240 e. The van der Waals surface area contributed by atoms with E-state index in [2.05, 4.69) is 26.8 Å². The lowest BCUT2D eigenvalue weighted by Crippen LogP contribution is -2.16. The highest BCUT2D eigenvalue weighted by atomic mass is 32.2. The number of aromatic amines is 1. The van der Waals surface area contributed by atoms with E-state index in [0.717, 1.165) is 24.0 Å². The summed E-state index contributed by atoms with van der Waals surface area (Å²) in [6.45, 7) is 6.52. The minimum absolute atomic E-state index is 0.136. The van der Waals surface area contributed by atoms with Crippen LogP contribution in [0.1, 0.15) is 57.9 Å². The van der Waals surface area contributed by atoms with Crippen LogP contribution in [0.5, 0.6) is 5.88 Å². The lowest BCUT2D eigenvalue weighted by atomic mass is 10.1. The van der Waals surface area contributed by atoms with Crippen molar-refractivity contribution >= 4 is 21.4 Å². The number of sulfonamides is 1. The van der Waals surface area contributed by atoms with Crippen LogP contribution in [0.2, 0.25) is 0 Å². The first-order valence-corrected chi connectivity index (χ1v) is 12.3. The van der Waals surface area contributed by atoms with Crippen LogP contribution in [0.3, 0.4) is 0 Å². The molecule has 0 aliphatic heterocycles. The molecule has 1 aromatic carbocycles. The van der Waals surface area contributed by atoms with Crippen molar-refractivity contribution in [2.24, 2.45) is 0 Å². The number of anilines is 1. The molecule has 9 heteroatoms. The fourth-order valence-electron chi connectivity index (χ4n) is 3.34. The summed E-state index contributed by atoms with van der Waals surface area (Å²) in [6, 6.07) is 7.20. The van der Waals surface area contributed by atoms with Crippen molar-refractivity contribution in [3.05, 3.63) is 29.8 Å². The van der Waals surface area contributed by atoms with Gasteiger partial charge in [0.1, 0.15) is 0 Å². The third-order valence-electron chi connectivity index (χ3n) is 4.93. The van der Waals surface area contributed by atoms with Crippen LogP contribution in [0.15, 0.2) is 24.3 Å². The van der Waals surface area contributed by atoms with Crippen LogP contribution in [0.25, 0.3) is 17.0 Å². The van der Waals surface area contributed by atoms with Gasteiger partial charge in [0.2, 0.25) is 15.9 Å². The molecule has 2 aromatic heterocycles. The van der Waals surface area contributed by atoms with Gasteiger partial charge in [-0.25, -0.2) is 13.4 Å². The zero-order chi connectivity index (χ0) is 21.6. The first-order chi connectivity index (χ1) is 14.4. The van der Waals surface area contributed by atoms with Gasteiger partial charge in [0, 0.05) is 11.3 Å². The Labute approximate surface area is 178 Å². The number of rotatable bonds is 12.